The van der Waals surface area contributed by atoms with Gasteiger partial charge in [-0.05, 0) is 55.5 Å². The smallest absolute Gasteiger partial charge is 0.255 e. The molecule has 0 aromatic heterocycles. The lowest BCUT2D eigenvalue weighted by Gasteiger charge is -2.32. The third-order valence-corrected chi connectivity index (χ3v) is 6.41. The minimum Gasteiger partial charge on any atom is -0.378 e. The fraction of sp³-hybridized carbons (Fsp3) is 0.278. The molecular weight excluding hydrogens is 376 g/mol. The van der Waals surface area contributed by atoms with Crippen LogP contribution >= 0.6 is 11.6 Å². The number of halogens is 1. The number of rotatable bonds is 4. The van der Waals surface area contributed by atoms with E-state index in [1.54, 1.807) is 24.3 Å². The highest BCUT2D eigenvalue weighted by Gasteiger charge is 2.31. The van der Waals surface area contributed by atoms with E-state index in [0.717, 1.165) is 0 Å². The van der Waals surface area contributed by atoms with Gasteiger partial charge in [-0.15, -0.1) is 0 Å². The molecule has 0 saturated carbocycles. The van der Waals surface area contributed by atoms with E-state index in [2.05, 4.69) is 5.32 Å². The molecule has 1 N–H and O–H groups in total. The van der Waals surface area contributed by atoms with Crippen molar-refractivity contribution in [3.63, 3.8) is 0 Å². The van der Waals surface area contributed by atoms with Crippen LogP contribution in [0.3, 0.4) is 0 Å². The highest BCUT2D eigenvalue weighted by molar-refractivity contribution is 7.89. The van der Waals surface area contributed by atoms with Crippen molar-refractivity contribution in [1.29, 1.82) is 0 Å². The average molecular weight is 395 g/mol. The van der Waals surface area contributed by atoms with Crippen molar-refractivity contribution in [2.75, 3.05) is 25.1 Å². The molecule has 0 aliphatic carbocycles. The van der Waals surface area contributed by atoms with Gasteiger partial charge in [-0.25, -0.2) is 8.42 Å². The molecule has 3 rings (SSSR count). The zero-order valence-electron chi connectivity index (χ0n) is 14.2. The van der Waals surface area contributed by atoms with Crippen molar-refractivity contribution in [1.82, 2.24) is 4.31 Å². The standard InChI is InChI=1S/C18H19ClN2O4S/c1-13-12-25-11-10-21(13)26(23,24)17-8-2-14(3-9-17)18(22)20-16-6-4-15(19)5-7-16/h2-9,13H,10-12H2,1H3,(H,20,22). The number of carbonyl (C=O) groups is 1. The normalized spacial score (nSPS) is 18.5. The molecule has 1 heterocycles. The Morgan fingerprint density at radius 1 is 1.15 bits per heavy atom. The minimum atomic E-state index is -3.61. The quantitative estimate of drug-likeness (QED) is 0.864. The molecule has 26 heavy (non-hydrogen) atoms. The predicted molar refractivity (Wildman–Crippen MR) is 100 cm³/mol. The maximum Gasteiger partial charge on any atom is 0.255 e. The van der Waals surface area contributed by atoms with Crippen LogP contribution in [0.2, 0.25) is 5.02 Å². The Bertz CT molecular complexity index is 882. The topological polar surface area (TPSA) is 75.7 Å². The Hall–Kier alpha value is -1.93. The van der Waals surface area contributed by atoms with E-state index in [0.29, 0.717) is 36.0 Å². The second-order valence-corrected chi connectivity index (χ2v) is 8.35. The van der Waals surface area contributed by atoms with Gasteiger partial charge >= 0.3 is 0 Å². The Morgan fingerprint density at radius 3 is 2.42 bits per heavy atom. The molecule has 2 aromatic carbocycles. The Labute approximate surface area is 157 Å². The zero-order chi connectivity index (χ0) is 18.7. The van der Waals surface area contributed by atoms with Gasteiger partial charge in [-0.2, -0.15) is 4.31 Å². The highest BCUT2D eigenvalue weighted by atomic mass is 35.5. The fourth-order valence-electron chi connectivity index (χ4n) is 2.72. The van der Waals surface area contributed by atoms with Crippen molar-refractivity contribution in [2.45, 2.75) is 17.9 Å². The van der Waals surface area contributed by atoms with Gasteiger partial charge in [0.15, 0.2) is 0 Å². The summed E-state index contributed by atoms with van der Waals surface area (Å²) in [5.74, 6) is -0.323. The SMILES string of the molecule is CC1COCCN1S(=O)(=O)c1ccc(C(=O)Nc2ccc(Cl)cc2)cc1. The largest absolute Gasteiger partial charge is 0.378 e. The Balaban J connectivity index is 1.75. The summed E-state index contributed by atoms with van der Waals surface area (Å²) in [4.78, 5) is 12.5. The van der Waals surface area contributed by atoms with Gasteiger partial charge in [0.1, 0.15) is 0 Å². The number of sulfonamides is 1. The zero-order valence-corrected chi connectivity index (χ0v) is 15.8. The van der Waals surface area contributed by atoms with Crippen molar-refractivity contribution in [3.8, 4) is 0 Å². The molecule has 1 saturated heterocycles. The maximum absolute atomic E-state index is 12.8. The summed E-state index contributed by atoms with van der Waals surface area (Å²) >= 11 is 5.82. The number of carbonyl (C=O) groups excluding carboxylic acids is 1. The van der Waals surface area contributed by atoms with Crippen molar-refractivity contribution >= 4 is 33.2 Å². The van der Waals surface area contributed by atoms with Crippen LogP contribution in [-0.2, 0) is 14.8 Å². The summed E-state index contributed by atoms with van der Waals surface area (Å²) < 4.78 is 32.2. The minimum absolute atomic E-state index is 0.161. The van der Waals surface area contributed by atoms with Crippen LogP contribution in [0, 0.1) is 0 Å². The second-order valence-electron chi connectivity index (χ2n) is 6.03. The van der Waals surface area contributed by atoms with E-state index in [1.807, 2.05) is 6.92 Å². The van der Waals surface area contributed by atoms with Crippen LogP contribution in [0.5, 0.6) is 0 Å². The molecule has 0 spiro atoms. The van der Waals surface area contributed by atoms with Crippen molar-refractivity contribution < 1.29 is 17.9 Å². The molecule has 1 aliphatic rings. The van der Waals surface area contributed by atoms with Gasteiger partial charge < -0.3 is 10.1 Å². The first-order valence-corrected chi connectivity index (χ1v) is 9.96. The molecule has 0 radical (unpaired) electrons. The average Bonchev–Trinajstić information content (AvgIpc) is 2.64. The summed E-state index contributed by atoms with van der Waals surface area (Å²) in [7, 11) is -3.61. The lowest BCUT2D eigenvalue weighted by molar-refractivity contribution is 0.0393. The molecule has 1 fully saturated rings. The fourth-order valence-corrected chi connectivity index (χ4v) is 4.45. The maximum atomic E-state index is 12.8. The van der Waals surface area contributed by atoms with Gasteiger partial charge in [0.25, 0.3) is 5.91 Å². The number of hydrogen-bond acceptors (Lipinski definition) is 4. The monoisotopic (exact) mass is 394 g/mol. The summed E-state index contributed by atoms with van der Waals surface area (Å²) in [6, 6.07) is 12.4. The van der Waals surface area contributed by atoms with Crippen molar-refractivity contribution in [3.05, 3.63) is 59.1 Å². The first-order chi connectivity index (χ1) is 12.4. The number of anilines is 1. The molecular formula is C18H19ClN2O4S. The highest BCUT2D eigenvalue weighted by Crippen LogP contribution is 2.21. The van der Waals surface area contributed by atoms with Crippen LogP contribution < -0.4 is 5.32 Å². The van der Waals surface area contributed by atoms with E-state index in [4.69, 9.17) is 16.3 Å². The van der Waals surface area contributed by atoms with Crippen molar-refractivity contribution in [2.24, 2.45) is 0 Å². The molecule has 2 aromatic rings. The molecule has 1 atom stereocenters. The first-order valence-electron chi connectivity index (χ1n) is 8.14. The van der Waals surface area contributed by atoms with Crippen LogP contribution in [0.4, 0.5) is 5.69 Å². The van der Waals surface area contributed by atoms with E-state index in [-0.39, 0.29) is 16.8 Å². The van der Waals surface area contributed by atoms with E-state index in [9.17, 15) is 13.2 Å². The summed E-state index contributed by atoms with van der Waals surface area (Å²) in [6.07, 6.45) is 0. The van der Waals surface area contributed by atoms with E-state index < -0.39 is 10.0 Å². The molecule has 0 bridgehead atoms. The van der Waals surface area contributed by atoms with Gasteiger partial charge in [-0.1, -0.05) is 11.6 Å². The molecule has 1 unspecified atom stereocenters. The number of hydrogen-bond donors (Lipinski definition) is 1. The lowest BCUT2D eigenvalue weighted by Crippen LogP contribution is -2.46. The predicted octanol–water partition coefficient (Wildman–Crippen LogP) is 3.00. The summed E-state index contributed by atoms with van der Waals surface area (Å²) in [5, 5.41) is 3.32. The van der Waals surface area contributed by atoms with Crippen LogP contribution in [-0.4, -0.2) is 44.4 Å². The number of morpholine rings is 1. The van der Waals surface area contributed by atoms with E-state index in [1.165, 1.54) is 28.6 Å². The van der Waals surface area contributed by atoms with Crippen LogP contribution in [0.15, 0.2) is 53.4 Å². The summed E-state index contributed by atoms with van der Waals surface area (Å²) in [5.41, 5.74) is 0.979. The van der Waals surface area contributed by atoms with Gasteiger partial charge in [-0.3, -0.25) is 4.79 Å². The molecule has 1 aliphatic heterocycles. The number of amides is 1. The van der Waals surface area contributed by atoms with E-state index >= 15 is 0 Å². The number of nitrogens with zero attached hydrogens (tertiary/aromatic N) is 1. The van der Waals surface area contributed by atoms with Crippen LogP contribution in [0.1, 0.15) is 17.3 Å². The molecule has 8 heteroatoms. The molecule has 1 amide bonds. The molecule has 138 valence electrons. The second kappa shape index (κ2) is 7.75. The Morgan fingerprint density at radius 2 is 1.81 bits per heavy atom. The van der Waals surface area contributed by atoms with Gasteiger partial charge in [0.2, 0.25) is 10.0 Å². The third-order valence-electron chi connectivity index (χ3n) is 4.13. The number of ether oxygens (including phenoxy) is 1. The Kier molecular flexibility index (Phi) is 5.62. The summed E-state index contributed by atoms with van der Waals surface area (Å²) in [6.45, 7) is 2.89. The number of benzene rings is 2. The van der Waals surface area contributed by atoms with Gasteiger partial charge in [0, 0.05) is 28.9 Å². The van der Waals surface area contributed by atoms with Gasteiger partial charge in [0.05, 0.1) is 18.1 Å². The number of nitrogens with one attached hydrogen (secondary N) is 1. The third kappa shape index (κ3) is 4.07. The lowest BCUT2D eigenvalue weighted by atomic mass is 10.2. The first kappa shape index (κ1) is 18.8. The molecule has 6 nitrogen and oxygen atoms in total. The van der Waals surface area contributed by atoms with Crippen LogP contribution in [0.25, 0.3) is 0 Å².